The second kappa shape index (κ2) is 4.34. The summed E-state index contributed by atoms with van der Waals surface area (Å²) in [6.07, 6.45) is 2.80. The maximum atomic E-state index is 5.55. The Bertz CT molecular complexity index is 578. The fraction of sp³-hybridized carbons (Fsp3) is 0.308. The Morgan fingerprint density at radius 2 is 2.17 bits per heavy atom. The Kier molecular flexibility index (Phi) is 2.68. The standard InChI is InChI=1S/C13H15N3O2/c1-16-7-10(4-5-14)15-13(16)9-2-3-11-12(6-9)18-8-17-11/h2-3,6-7H,4-5,8,14H2,1H3. The van der Waals surface area contributed by atoms with Crippen molar-refractivity contribution in [1.82, 2.24) is 9.55 Å². The van der Waals surface area contributed by atoms with Crippen LogP contribution in [0, 0.1) is 0 Å². The second-order valence-corrected chi connectivity index (χ2v) is 4.27. The topological polar surface area (TPSA) is 62.3 Å². The van der Waals surface area contributed by atoms with E-state index >= 15 is 0 Å². The molecule has 5 nitrogen and oxygen atoms in total. The molecule has 1 aliphatic rings. The monoisotopic (exact) mass is 245 g/mol. The number of rotatable bonds is 3. The summed E-state index contributed by atoms with van der Waals surface area (Å²) < 4.78 is 12.7. The van der Waals surface area contributed by atoms with Crippen LogP contribution in [0.25, 0.3) is 11.4 Å². The summed E-state index contributed by atoms with van der Waals surface area (Å²) in [6.45, 7) is 0.898. The molecule has 0 saturated heterocycles. The number of nitrogens with two attached hydrogens (primary N) is 1. The highest BCUT2D eigenvalue weighted by Gasteiger charge is 2.15. The van der Waals surface area contributed by atoms with Gasteiger partial charge in [0.2, 0.25) is 6.79 Å². The zero-order chi connectivity index (χ0) is 12.5. The Labute approximate surface area is 105 Å². The number of nitrogens with zero attached hydrogens (tertiary/aromatic N) is 2. The number of aromatic nitrogens is 2. The van der Waals surface area contributed by atoms with E-state index in [1.54, 1.807) is 0 Å². The first-order chi connectivity index (χ1) is 8.78. The van der Waals surface area contributed by atoms with E-state index < -0.39 is 0 Å². The highest BCUT2D eigenvalue weighted by atomic mass is 16.7. The van der Waals surface area contributed by atoms with Crippen molar-refractivity contribution in [2.75, 3.05) is 13.3 Å². The molecule has 0 atom stereocenters. The highest BCUT2D eigenvalue weighted by Crippen LogP contribution is 2.35. The van der Waals surface area contributed by atoms with Crippen molar-refractivity contribution in [2.24, 2.45) is 12.8 Å². The molecule has 0 unspecified atom stereocenters. The number of aryl methyl sites for hydroxylation is 1. The Balaban J connectivity index is 1.99. The van der Waals surface area contributed by atoms with Crippen molar-refractivity contribution < 1.29 is 9.47 Å². The minimum Gasteiger partial charge on any atom is -0.454 e. The molecule has 0 saturated carbocycles. The summed E-state index contributed by atoms with van der Waals surface area (Å²) in [4.78, 5) is 4.58. The number of hydrogen-bond acceptors (Lipinski definition) is 4. The third-order valence-electron chi connectivity index (χ3n) is 2.96. The first-order valence-electron chi connectivity index (χ1n) is 5.90. The molecule has 1 aliphatic heterocycles. The molecular formula is C13H15N3O2. The molecule has 18 heavy (non-hydrogen) atoms. The summed E-state index contributed by atoms with van der Waals surface area (Å²) in [5.74, 6) is 2.47. The van der Waals surface area contributed by atoms with Gasteiger partial charge in [0, 0.05) is 25.2 Å². The Hall–Kier alpha value is -2.01. The molecule has 0 radical (unpaired) electrons. The number of ether oxygens (including phenoxy) is 2. The van der Waals surface area contributed by atoms with Crippen molar-refractivity contribution in [3.05, 3.63) is 30.1 Å². The fourth-order valence-electron chi connectivity index (χ4n) is 2.10. The lowest BCUT2D eigenvalue weighted by atomic mass is 10.2. The van der Waals surface area contributed by atoms with E-state index in [4.69, 9.17) is 15.2 Å². The van der Waals surface area contributed by atoms with Crippen LogP contribution in [0.15, 0.2) is 24.4 Å². The third-order valence-corrected chi connectivity index (χ3v) is 2.96. The normalized spacial score (nSPS) is 13.0. The van der Waals surface area contributed by atoms with Crippen LogP contribution in [0.4, 0.5) is 0 Å². The van der Waals surface area contributed by atoms with E-state index in [-0.39, 0.29) is 6.79 Å². The van der Waals surface area contributed by atoms with Gasteiger partial charge in [-0.1, -0.05) is 0 Å². The number of imidazole rings is 1. The van der Waals surface area contributed by atoms with Crippen LogP contribution in [0.5, 0.6) is 11.5 Å². The minimum absolute atomic E-state index is 0.289. The lowest BCUT2D eigenvalue weighted by Gasteiger charge is -2.02. The molecule has 0 spiro atoms. The lowest BCUT2D eigenvalue weighted by Crippen LogP contribution is -2.02. The van der Waals surface area contributed by atoms with Gasteiger partial charge in [-0.3, -0.25) is 0 Å². The molecule has 3 rings (SSSR count). The maximum Gasteiger partial charge on any atom is 0.231 e. The largest absolute Gasteiger partial charge is 0.454 e. The average molecular weight is 245 g/mol. The van der Waals surface area contributed by atoms with Gasteiger partial charge in [0.25, 0.3) is 0 Å². The number of fused-ring (bicyclic) bond motifs is 1. The molecule has 0 aliphatic carbocycles. The summed E-state index contributed by atoms with van der Waals surface area (Å²) in [5, 5.41) is 0. The van der Waals surface area contributed by atoms with E-state index in [0.29, 0.717) is 6.54 Å². The molecule has 2 heterocycles. The van der Waals surface area contributed by atoms with Gasteiger partial charge in [-0.05, 0) is 24.7 Å². The summed E-state index contributed by atoms with van der Waals surface area (Å²) in [6, 6.07) is 5.86. The van der Waals surface area contributed by atoms with Gasteiger partial charge in [-0.25, -0.2) is 4.98 Å². The molecule has 2 aromatic rings. The first kappa shape index (κ1) is 11.1. The van der Waals surface area contributed by atoms with E-state index in [1.807, 2.05) is 36.0 Å². The third kappa shape index (κ3) is 1.82. The second-order valence-electron chi connectivity index (χ2n) is 4.27. The zero-order valence-corrected chi connectivity index (χ0v) is 10.2. The smallest absolute Gasteiger partial charge is 0.231 e. The highest BCUT2D eigenvalue weighted by molar-refractivity contribution is 5.62. The van der Waals surface area contributed by atoms with Gasteiger partial charge >= 0.3 is 0 Å². The molecule has 0 bridgehead atoms. The Morgan fingerprint density at radius 3 is 3.00 bits per heavy atom. The van der Waals surface area contributed by atoms with E-state index in [2.05, 4.69) is 4.98 Å². The predicted molar refractivity (Wildman–Crippen MR) is 67.5 cm³/mol. The van der Waals surface area contributed by atoms with Gasteiger partial charge in [0.05, 0.1) is 5.69 Å². The summed E-state index contributed by atoms with van der Waals surface area (Å²) in [5.41, 5.74) is 7.57. The molecule has 1 aromatic heterocycles. The van der Waals surface area contributed by atoms with Gasteiger partial charge in [-0.2, -0.15) is 0 Å². The molecule has 94 valence electrons. The van der Waals surface area contributed by atoms with Crippen molar-refractivity contribution in [2.45, 2.75) is 6.42 Å². The maximum absolute atomic E-state index is 5.55. The lowest BCUT2D eigenvalue weighted by molar-refractivity contribution is 0.174. The molecule has 0 fully saturated rings. The van der Waals surface area contributed by atoms with Crippen LogP contribution in [-0.4, -0.2) is 22.9 Å². The van der Waals surface area contributed by atoms with Gasteiger partial charge in [0.15, 0.2) is 11.5 Å². The van der Waals surface area contributed by atoms with Crippen LogP contribution in [0.1, 0.15) is 5.69 Å². The van der Waals surface area contributed by atoms with Crippen LogP contribution in [0.3, 0.4) is 0 Å². The first-order valence-corrected chi connectivity index (χ1v) is 5.90. The van der Waals surface area contributed by atoms with Crippen LogP contribution in [0.2, 0.25) is 0 Å². The van der Waals surface area contributed by atoms with Crippen molar-refractivity contribution in [1.29, 1.82) is 0 Å². The SMILES string of the molecule is Cn1cc(CCN)nc1-c1ccc2c(c1)OCO2. The van der Waals surface area contributed by atoms with Crippen LogP contribution >= 0.6 is 0 Å². The number of hydrogen-bond donors (Lipinski definition) is 1. The Morgan fingerprint density at radius 1 is 1.33 bits per heavy atom. The molecular weight excluding hydrogens is 230 g/mol. The molecule has 1 aromatic carbocycles. The van der Waals surface area contributed by atoms with Crippen molar-refractivity contribution in [3.63, 3.8) is 0 Å². The minimum atomic E-state index is 0.289. The molecule has 5 heteroatoms. The molecule has 2 N–H and O–H groups in total. The van der Waals surface area contributed by atoms with Gasteiger partial charge < -0.3 is 19.8 Å². The van der Waals surface area contributed by atoms with Crippen LogP contribution < -0.4 is 15.2 Å². The van der Waals surface area contributed by atoms with Crippen molar-refractivity contribution >= 4 is 0 Å². The summed E-state index contributed by atoms with van der Waals surface area (Å²) >= 11 is 0. The van der Waals surface area contributed by atoms with Crippen molar-refractivity contribution in [3.8, 4) is 22.9 Å². The average Bonchev–Trinajstić information content (AvgIpc) is 2.95. The van der Waals surface area contributed by atoms with E-state index in [0.717, 1.165) is 35.0 Å². The molecule has 0 amide bonds. The van der Waals surface area contributed by atoms with Gasteiger partial charge in [0.1, 0.15) is 5.82 Å². The number of benzene rings is 1. The summed E-state index contributed by atoms with van der Waals surface area (Å²) in [7, 11) is 1.98. The van der Waals surface area contributed by atoms with Gasteiger partial charge in [-0.15, -0.1) is 0 Å². The van der Waals surface area contributed by atoms with Crippen LogP contribution in [-0.2, 0) is 13.5 Å². The quantitative estimate of drug-likeness (QED) is 0.885. The fourth-order valence-corrected chi connectivity index (χ4v) is 2.10. The van der Waals surface area contributed by atoms with E-state index in [9.17, 15) is 0 Å². The predicted octanol–water partition coefficient (Wildman–Crippen LogP) is 1.32. The van der Waals surface area contributed by atoms with E-state index in [1.165, 1.54) is 0 Å². The zero-order valence-electron chi connectivity index (χ0n) is 10.2.